The number of aliphatic hydroxyl groups excluding tert-OH is 1. The molecule has 1 amide bonds. The van der Waals surface area contributed by atoms with Gasteiger partial charge in [-0.3, -0.25) is 4.79 Å². The van der Waals surface area contributed by atoms with Gasteiger partial charge in [0.15, 0.2) is 6.61 Å². The van der Waals surface area contributed by atoms with E-state index >= 15 is 0 Å². The maximum atomic E-state index is 10.7. The van der Waals surface area contributed by atoms with Gasteiger partial charge >= 0.3 is 0 Å². The van der Waals surface area contributed by atoms with Gasteiger partial charge in [0.25, 0.3) is 5.91 Å². The highest BCUT2D eigenvalue weighted by molar-refractivity contribution is 6.30. The summed E-state index contributed by atoms with van der Waals surface area (Å²) < 4.78 is 5.32. The van der Waals surface area contributed by atoms with Crippen LogP contribution in [-0.4, -0.2) is 30.3 Å². The summed E-state index contributed by atoms with van der Waals surface area (Å²) in [5, 5.41) is 12.9. The highest BCUT2D eigenvalue weighted by Crippen LogP contribution is 2.23. The molecular formula is C13H19ClN2O3. The number of carbonyl (C=O) groups is 1. The van der Waals surface area contributed by atoms with Gasteiger partial charge in [-0.2, -0.15) is 0 Å². The van der Waals surface area contributed by atoms with Crippen molar-refractivity contribution in [1.29, 1.82) is 0 Å². The average molecular weight is 287 g/mol. The molecule has 0 radical (unpaired) electrons. The van der Waals surface area contributed by atoms with Crippen LogP contribution >= 0.6 is 11.6 Å². The topological polar surface area (TPSA) is 84.6 Å². The van der Waals surface area contributed by atoms with Crippen LogP contribution in [0, 0.1) is 0 Å². The molecule has 0 fully saturated rings. The largest absolute Gasteiger partial charge is 0.483 e. The predicted octanol–water partition coefficient (Wildman–Crippen LogP) is 1.06. The highest BCUT2D eigenvalue weighted by Gasteiger charge is 2.09. The number of ether oxygens (including phenoxy) is 1. The van der Waals surface area contributed by atoms with Gasteiger partial charge in [0.2, 0.25) is 0 Å². The fraction of sp³-hybridized carbons (Fsp3) is 0.462. The molecule has 106 valence electrons. The Kier molecular flexibility index (Phi) is 6.62. The van der Waals surface area contributed by atoms with E-state index in [9.17, 15) is 4.79 Å². The summed E-state index contributed by atoms with van der Waals surface area (Å²) in [6.07, 6.45) is 0.814. The number of aliphatic hydroxyl groups is 1. The maximum absolute atomic E-state index is 10.7. The van der Waals surface area contributed by atoms with Crippen molar-refractivity contribution in [2.24, 2.45) is 5.73 Å². The molecule has 1 atom stereocenters. The monoisotopic (exact) mass is 286 g/mol. The normalized spacial score (nSPS) is 12.2. The first kappa shape index (κ1) is 15.8. The Morgan fingerprint density at radius 3 is 2.89 bits per heavy atom. The molecule has 4 N–H and O–H groups in total. The van der Waals surface area contributed by atoms with Crippen molar-refractivity contribution < 1.29 is 14.6 Å². The summed E-state index contributed by atoms with van der Waals surface area (Å²) in [6.45, 7) is 2.37. The van der Waals surface area contributed by atoms with Crippen LogP contribution in [0.2, 0.25) is 5.02 Å². The van der Waals surface area contributed by atoms with Crippen LogP contribution in [0.5, 0.6) is 5.75 Å². The van der Waals surface area contributed by atoms with Crippen LogP contribution in [0.1, 0.15) is 18.9 Å². The molecule has 1 unspecified atom stereocenters. The van der Waals surface area contributed by atoms with Crippen molar-refractivity contribution in [1.82, 2.24) is 5.32 Å². The lowest BCUT2D eigenvalue weighted by molar-refractivity contribution is -0.119. The first-order valence-electron chi connectivity index (χ1n) is 6.10. The van der Waals surface area contributed by atoms with Gasteiger partial charge in [-0.25, -0.2) is 0 Å². The Hall–Kier alpha value is -1.30. The van der Waals surface area contributed by atoms with E-state index in [1.165, 1.54) is 0 Å². The highest BCUT2D eigenvalue weighted by atomic mass is 35.5. The van der Waals surface area contributed by atoms with Gasteiger partial charge in [-0.15, -0.1) is 0 Å². The molecule has 0 aliphatic heterocycles. The van der Waals surface area contributed by atoms with Gasteiger partial charge < -0.3 is 20.9 Å². The molecule has 0 heterocycles. The minimum Gasteiger partial charge on any atom is -0.483 e. The third-order valence-electron chi connectivity index (χ3n) is 2.69. The number of carbonyl (C=O) groups excluding carboxylic acids is 1. The molecule has 0 aliphatic carbocycles. The average Bonchev–Trinajstić information content (AvgIpc) is 2.38. The van der Waals surface area contributed by atoms with Gasteiger partial charge in [-0.1, -0.05) is 18.5 Å². The molecule has 0 bridgehead atoms. The first-order chi connectivity index (χ1) is 9.06. The number of nitrogens with two attached hydrogens (primary N) is 1. The third kappa shape index (κ3) is 5.46. The molecule has 1 rings (SSSR count). The lowest BCUT2D eigenvalue weighted by Crippen LogP contribution is -2.31. The lowest BCUT2D eigenvalue weighted by atomic mass is 10.1. The number of hydrogen-bond acceptors (Lipinski definition) is 4. The van der Waals surface area contributed by atoms with E-state index < -0.39 is 5.91 Å². The van der Waals surface area contributed by atoms with Crippen molar-refractivity contribution >= 4 is 17.5 Å². The summed E-state index contributed by atoms with van der Waals surface area (Å²) >= 11 is 5.94. The van der Waals surface area contributed by atoms with E-state index in [2.05, 4.69) is 5.32 Å². The minimum absolute atomic E-state index is 0.0166. The fourth-order valence-corrected chi connectivity index (χ4v) is 1.76. The molecule has 0 aromatic heterocycles. The van der Waals surface area contributed by atoms with Crippen molar-refractivity contribution in [3.63, 3.8) is 0 Å². The Balaban J connectivity index is 2.73. The SMILES string of the molecule is CCC(CO)NCc1cc(Cl)ccc1OCC(N)=O. The summed E-state index contributed by atoms with van der Waals surface area (Å²) in [7, 11) is 0. The molecule has 1 aromatic rings. The van der Waals surface area contributed by atoms with Crippen LogP contribution in [0.15, 0.2) is 18.2 Å². The van der Waals surface area contributed by atoms with Crippen LogP contribution in [0.25, 0.3) is 0 Å². The number of rotatable bonds is 8. The molecular weight excluding hydrogens is 268 g/mol. The minimum atomic E-state index is -0.532. The van der Waals surface area contributed by atoms with Gasteiger partial charge in [-0.05, 0) is 24.6 Å². The van der Waals surface area contributed by atoms with Crippen LogP contribution < -0.4 is 15.8 Å². The van der Waals surface area contributed by atoms with E-state index in [0.29, 0.717) is 17.3 Å². The molecule has 0 aliphatic rings. The number of halogens is 1. The van der Waals surface area contributed by atoms with Crippen LogP contribution in [-0.2, 0) is 11.3 Å². The van der Waals surface area contributed by atoms with Gasteiger partial charge in [0, 0.05) is 23.2 Å². The van der Waals surface area contributed by atoms with Crippen molar-refractivity contribution in [2.45, 2.75) is 25.9 Å². The zero-order valence-electron chi connectivity index (χ0n) is 10.9. The van der Waals surface area contributed by atoms with Crippen molar-refractivity contribution in [2.75, 3.05) is 13.2 Å². The Morgan fingerprint density at radius 1 is 1.58 bits per heavy atom. The predicted molar refractivity (Wildman–Crippen MR) is 74.1 cm³/mol. The van der Waals surface area contributed by atoms with E-state index in [-0.39, 0.29) is 19.3 Å². The second-order valence-electron chi connectivity index (χ2n) is 4.18. The quantitative estimate of drug-likeness (QED) is 0.667. The van der Waals surface area contributed by atoms with Crippen molar-refractivity contribution in [3.05, 3.63) is 28.8 Å². The summed E-state index contributed by atoms with van der Waals surface area (Å²) in [5.74, 6) is 0.0270. The lowest BCUT2D eigenvalue weighted by Gasteiger charge is -2.16. The molecule has 0 saturated heterocycles. The summed E-state index contributed by atoms with van der Waals surface area (Å²) in [5.41, 5.74) is 5.87. The summed E-state index contributed by atoms with van der Waals surface area (Å²) in [4.78, 5) is 10.7. The zero-order valence-corrected chi connectivity index (χ0v) is 11.6. The molecule has 19 heavy (non-hydrogen) atoms. The first-order valence-corrected chi connectivity index (χ1v) is 6.48. The van der Waals surface area contributed by atoms with E-state index in [0.717, 1.165) is 12.0 Å². The molecule has 1 aromatic carbocycles. The maximum Gasteiger partial charge on any atom is 0.255 e. The summed E-state index contributed by atoms with van der Waals surface area (Å²) in [6, 6.07) is 5.16. The standard InChI is InChI=1S/C13H19ClN2O3/c1-2-11(7-17)16-6-9-5-10(14)3-4-12(9)19-8-13(15)18/h3-5,11,16-17H,2,6-8H2,1H3,(H2,15,18). The molecule has 6 heteroatoms. The van der Waals surface area contributed by atoms with E-state index in [1.54, 1.807) is 18.2 Å². The van der Waals surface area contributed by atoms with Gasteiger partial charge in [0.05, 0.1) is 6.61 Å². The van der Waals surface area contributed by atoms with E-state index in [1.807, 2.05) is 6.92 Å². The Bertz CT molecular complexity index is 422. The second kappa shape index (κ2) is 7.99. The number of hydrogen-bond donors (Lipinski definition) is 3. The molecule has 5 nitrogen and oxygen atoms in total. The molecule has 0 spiro atoms. The third-order valence-corrected chi connectivity index (χ3v) is 2.92. The number of primary amides is 1. The smallest absolute Gasteiger partial charge is 0.255 e. The Labute approximate surface area is 117 Å². The Morgan fingerprint density at radius 2 is 2.32 bits per heavy atom. The van der Waals surface area contributed by atoms with Gasteiger partial charge in [0.1, 0.15) is 5.75 Å². The number of amides is 1. The van der Waals surface area contributed by atoms with Crippen molar-refractivity contribution in [3.8, 4) is 5.75 Å². The van der Waals surface area contributed by atoms with E-state index in [4.69, 9.17) is 27.2 Å². The number of benzene rings is 1. The second-order valence-corrected chi connectivity index (χ2v) is 4.61. The zero-order chi connectivity index (χ0) is 14.3. The van der Waals surface area contributed by atoms with Crippen LogP contribution in [0.3, 0.4) is 0 Å². The number of nitrogens with one attached hydrogen (secondary N) is 1. The van der Waals surface area contributed by atoms with Crippen LogP contribution in [0.4, 0.5) is 0 Å². The fourth-order valence-electron chi connectivity index (χ4n) is 1.57. The molecule has 0 saturated carbocycles.